The minimum atomic E-state index is 0.134. The number of nitrogens with zero attached hydrogens (tertiary/aromatic N) is 3. The minimum Gasteiger partial charge on any atom is -0.335 e. The number of aromatic nitrogens is 1. The predicted molar refractivity (Wildman–Crippen MR) is 102 cm³/mol. The number of likely N-dealkylation sites (tertiary alicyclic amines) is 2. The molecule has 2 aliphatic heterocycles. The third kappa shape index (κ3) is 3.80. The summed E-state index contributed by atoms with van der Waals surface area (Å²) in [6, 6.07) is 14.9. The lowest BCUT2D eigenvalue weighted by Crippen LogP contribution is -2.44. The molecule has 4 heteroatoms. The summed E-state index contributed by atoms with van der Waals surface area (Å²) < 4.78 is 0. The second kappa shape index (κ2) is 8.00. The zero-order valence-corrected chi connectivity index (χ0v) is 15.3. The molecule has 2 saturated heterocycles. The normalized spacial score (nSPS) is 23.9. The van der Waals surface area contributed by atoms with Gasteiger partial charge in [-0.1, -0.05) is 30.3 Å². The second-order valence-electron chi connectivity index (χ2n) is 7.53. The Bertz CT molecular complexity index is 719. The standard InChI is InChI=1S/C22H27N3O/c26-22(25-15-5-9-21(25)19-10-12-23-13-11-19)20-8-4-14-24(17-20)16-18-6-2-1-3-7-18/h1-3,6-7,10-13,20-21H,4-5,8-9,14-17H2/t20-,21-/m1/s1. The summed E-state index contributed by atoms with van der Waals surface area (Å²) in [5, 5.41) is 0. The largest absolute Gasteiger partial charge is 0.335 e. The lowest BCUT2D eigenvalue weighted by Gasteiger charge is -2.35. The van der Waals surface area contributed by atoms with Crippen LogP contribution in [0.1, 0.15) is 42.9 Å². The maximum atomic E-state index is 13.3. The molecule has 0 bridgehead atoms. The number of carbonyl (C=O) groups excluding carboxylic acids is 1. The van der Waals surface area contributed by atoms with Gasteiger partial charge in [0.15, 0.2) is 0 Å². The van der Waals surface area contributed by atoms with Crippen molar-refractivity contribution in [2.75, 3.05) is 19.6 Å². The van der Waals surface area contributed by atoms with Crippen LogP contribution in [0.4, 0.5) is 0 Å². The van der Waals surface area contributed by atoms with Crippen LogP contribution in [0.3, 0.4) is 0 Å². The maximum Gasteiger partial charge on any atom is 0.227 e. The zero-order chi connectivity index (χ0) is 17.8. The Hall–Kier alpha value is -2.20. The van der Waals surface area contributed by atoms with E-state index in [1.54, 1.807) is 0 Å². The van der Waals surface area contributed by atoms with Crippen LogP contribution in [-0.2, 0) is 11.3 Å². The molecule has 2 atom stereocenters. The number of amides is 1. The number of piperidine rings is 1. The van der Waals surface area contributed by atoms with Crippen LogP contribution in [0.2, 0.25) is 0 Å². The van der Waals surface area contributed by atoms with E-state index in [0.717, 1.165) is 51.9 Å². The first-order valence-corrected chi connectivity index (χ1v) is 9.78. The molecule has 0 spiro atoms. The van der Waals surface area contributed by atoms with Gasteiger partial charge >= 0.3 is 0 Å². The number of pyridine rings is 1. The number of benzene rings is 1. The van der Waals surface area contributed by atoms with Gasteiger partial charge in [0.25, 0.3) is 0 Å². The van der Waals surface area contributed by atoms with Gasteiger partial charge in [0.2, 0.25) is 5.91 Å². The highest BCUT2D eigenvalue weighted by atomic mass is 16.2. The smallest absolute Gasteiger partial charge is 0.227 e. The number of carbonyl (C=O) groups is 1. The van der Waals surface area contributed by atoms with E-state index in [1.807, 2.05) is 12.4 Å². The molecule has 4 nitrogen and oxygen atoms in total. The van der Waals surface area contributed by atoms with E-state index in [9.17, 15) is 4.79 Å². The van der Waals surface area contributed by atoms with E-state index in [0.29, 0.717) is 5.91 Å². The molecule has 0 aliphatic carbocycles. The molecule has 3 heterocycles. The van der Waals surface area contributed by atoms with Crippen molar-refractivity contribution in [1.29, 1.82) is 0 Å². The third-order valence-electron chi connectivity index (χ3n) is 5.73. The van der Waals surface area contributed by atoms with E-state index in [2.05, 4.69) is 57.2 Å². The van der Waals surface area contributed by atoms with Gasteiger partial charge in [-0.25, -0.2) is 0 Å². The molecule has 2 aromatic rings. The summed E-state index contributed by atoms with van der Waals surface area (Å²) in [4.78, 5) is 22.0. The quantitative estimate of drug-likeness (QED) is 0.845. The summed E-state index contributed by atoms with van der Waals surface area (Å²) in [6.45, 7) is 3.80. The Labute approximate surface area is 155 Å². The summed E-state index contributed by atoms with van der Waals surface area (Å²) in [5.74, 6) is 0.483. The van der Waals surface area contributed by atoms with Crippen LogP contribution >= 0.6 is 0 Å². The van der Waals surface area contributed by atoms with E-state index in [1.165, 1.54) is 11.1 Å². The van der Waals surface area contributed by atoms with Crippen LogP contribution < -0.4 is 0 Å². The molecular formula is C22H27N3O. The van der Waals surface area contributed by atoms with Gasteiger partial charge < -0.3 is 4.90 Å². The second-order valence-corrected chi connectivity index (χ2v) is 7.53. The van der Waals surface area contributed by atoms with Gasteiger partial charge in [-0.3, -0.25) is 14.7 Å². The Morgan fingerprint density at radius 1 is 1.00 bits per heavy atom. The first-order valence-electron chi connectivity index (χ1n) is 9.78. The lowest BCUT2D eigenvalue weighted by atomic mass is 9.95. The Balaban J connectivity index is 1.42. The van der Waals surface area contributed by atoms with Crippen molar-refractivity contribution in [3.05, 3.63) is 66.0 Å². The van der Waals surface area contributed by atoms with Crippen molar-refractivity contribution < 1.29 is 4.79 Å². The van der Waals surface area contributed by atoms with E-state index in [4.69, 9.17) is 0 Å². The Morgan fingerprint density at radius 3 is 2.58 bits per heavy atom. The van der Waals surface area contributed by atoms with Crippen molar-refractivity contribution in [3.8, 4) is 0 Å². The molecule has 26 heavy (non-hydrogen) atoms. The molecule has 2 fully saturated rings. The molecule has 0 N–H and O–H groups in total. The van der Waals surface area contributed by atoms with Gasteiger partial charge in [0, 0.05) is 32.0 Å². The molecule has 1 aromatic carbocycles. The van der Waals surface area contributed by atoms with Crippen molar-refractivity contribution in [1.82, 2.24) is 14.8 Å². The third-order valence-corrected chi connectivity index (χ3v) is 5.73. The number of hydrogen-bond acceptors (Lipinski definition) is 3. The molecule has 1 aromatic heterocycles. The highest BCUT2D eigenvalue weighted by Crippen LogP contribution is 2.34. The fourth-order valence-electron chi connectivity index (χ4n) is 4.44. The maximum absolute atomic E-state index is 13.3. The molecule has 0 radical (unpaired) electrons. The number of rotatable bonds is 4. The SMILES string of the molecule is O=C([C@@H]1CCCN(Cc2ccccc2)C1)N1CCC[C@@H]1c1ccncc1. The van der Waals surface area contributed by atoms with Crippen LogP contribution in [0.25, 0.3) is 0 Å². The highest BCUT2D eigenvalue weighted by Gasteiger charge is 2.35. The van der Waals surface area contributed by atoms with Crippen LogP contribution in [-0.4, -0.2) is 40.3 Å². The molecule has 0 unspecified atom stereocenters. The van der Waals surface area contributed by atoms with Crippen molar-refractivity contribution in [2.24, 2.45) is 5.92 Å². The lowest BCUT2D eigenvalue weighted by molar-refractivity contribution is -0.138. The minimum absolute atomic E-state index is 0.134. The average Bonchev–Trinajstić information content (AvgIpc) is 3.19. The van der Waals surface area contributed by atoms with Crippen molar-refractivity contribution in [3.63, 3.8) is 0 Å². The molecule has 136 valence electrons. The zero-order valence-electron chi connectivity index (χ0n) is 15.3. The van der Waals surface area contributed by atoms with E-state index in [-0.39, 0.29) is 12.0 Å². The Morgan fingerprint density at radius 2 is 1.77 bits per heavy atom. The number of hydrogen-bond donors (Lipinski definition) is 0. The van der Waals surface area contributed by atoms with Gasteiger partial charge in [0.1, 0.15) is 0 Å². The first kappa shape index (κ1) is 17.2. The van der Waals surface area contributed by atoms with Gasteiger partial charge in [-0.2, -0.15) is 0 Å². The van der Waals surface area contributed by atoms with Crippen molar-refractivity contribution in [2.45, 2.75) is 38.3 Å². The Kier molecular flexibility index (Phi) is 5.30. The van der Waals surface area contributed by atoms with E-state index >= 15 is 0 Å². The molecule has 1 amide bonds. The molecular weight excluding hydrogens is 322 g/mol. The topological polar surface area (TPSA) is 36.4 Å². The summed E-state index contributed by atoms with van der Waals surface area (Å²) in [6.07, 6.45) is 7.95. The van der Waals surface area contributed by atoms with Gasteiger partial charge in [-0.15, -0.1) is 0 Å². The van der Waals surface area contributed by atoms with E-state index < -0.39 is 0 Å². The highest BCUT2D eigenvalue weighted by molar-refractivity contribution is 5.80. The summed E-state index contributed by atoms with van der Waals surface area (Å²) in [5.41, 5.74) is 2.55. The predicted octanol–water partition coefficient (Wildman–Crippen LogP) is 3.66. The fourth-order valence-corrected chi connectivity index (χ4v) is 4.44. The monoisotopic (exact) mass is 349 g/mol. The molecule has 0 saturated carbocycles. The van der Waals surface area contributed by atoms with Crippen molar-refractivity contribution >= 4 is 5.91 Å². The van der Waals surface area contributed by atoms with Gasteiger partial charge in [-0.05, 0) is 55.5 Å². The average molecular weight is 349 g/mol. The first-order chi connectivity index (χ1) is 12.8. The summed E-state index contributed by atoms with van der Waals surface area (Å²) in [7, 11) is 0. The molecule has 2 aliphatic rings. The summed E-state index contributed by atoms with van der Waals surface area (Å²) >= 11 is 0. The molecule has 4 rings (SSSR count). The van der Waals surface area contributed by atoms with Crippen LogP contribution in [0.15, 0.2) is 54.9 Å². The fraction of sp³-hybridized carbons (Fsp3) is 0.455. The van der Waals surface area contributed by atoms with Crippen LogP contribution in [0.5, 0.6) is 0 Å². The van der Waals surface area contributed by atoms with Crippen LogP contribution in [0, 0.1) is 5.92 Å². The van der Waals surface area contributed by atoms with Gasteiger partial charge in [0.05, 0.1) is 12.0 Å².